The minimum absolute atomic E-state index is 0.614. The Labute approximate surface area is 121 Å². The van der Waals surface area contributed by atoms with Crippen LogP contribution in [0, 0.1) is 0 Å². The Hall–Kier alpha value is -1.26. The first kappa shape index (κ1) is 13.7. The third-order valence-electron chi connectivity index (χ3n) is 4.16. The fourth-order valence-electron chi connectivity index (χ4n) is 3.05. The lowest BCUT2D eigenvalue weighted by Gasteiger charge is -2.32. The first-order valence-electron chi connectivity index (χ1n) is 7.64. The number of ether oxygens (including phenoxy) is 2. The predicted molar refractivity (Wildman–Crippen MR) is 79.4 cm³/mol. The topological polar surface area (TPSA) is 33.7 Å². The number of likely N-dealkylation sites (N-methyl/N-ethyl adjacent to an activating group) is 1. The second-order valence-electron chi connectivity index (χ2n) is 5.66. The Bertz CT molecular complexity index is 450. The summed E-state index contributed by atoms with van der Waals surface area (Å²) in [4.78, 5) is 2.51. The van der Waals surface area contributed by atoms with Gasteiger partial charge in [-0.25, -0.2) is 0 Å². The third kappa shape index (κ3) is 3.07. The summed E-state index contributed by atoms with van der Waals surface area (Å²) in [6, 6.07) is 6.86. The highest BCUT2D eigenvalue weighted by atomic mass is 16.5. The minimum Gasteiger partial charge on any atom is -0.490 e. The van der Waals surface area contributed by atoms with Crippen LogP contribution in [0.25, 0.3) is 0 Å². The van der Waals surface area contributed by atoms with Crippen LogP contribution in [-0.4, -0.2) is 44.3 Å². The average molecular weight is 276 g/mol. The number of nitrogens with one attached hydrogen (secondary N) is 1. The number of likely N-dealkylation sites (tertiary alicyclic amines) is 1. The van der Waals surface area contributed by atoms with E-state index in [0.717, 1.165) is 44.2 Å². The normalized spacial score (nSPS) is 23.4. The molecule has 2 heterocycles. The van der Waals surface area contributed by atoms with E-state index >= 15 is 0 Å². The first-order chi connectivity index (χ1) is 9.86. The van der Waals surface area contributed by atoms with Crippen LogP contribution in [-0.2, 0) is 6.54 Å². The van der Waals surface area contributed by atoms with Crippen molar-refractivity contribution in [1.29, 1.82) is 0 Å². The fraction of sp³-hybridized carbons (Fsp3) is 0.625. The summed E-state index contributed by atoms with van der Waals surface area (Å²) >= 11 is 0. The Morgan fingerprint density at radius 1 is 1.25 bits per heavy atom. The van der Waals surface area contributed by atoms with Crippen molar-refractivity contribution in [2.45, 2.75) is 31.8 Å². The molecule has 0 bridgehead atoms. The van der Waals surface area contributed by atoms with E-state index in [2.05, 4.69) is 29.4 Å². The highest BCUT2D eigenvalue weighted by Gasteiger charge is 2.21. The number of nitrogens with zero attached hydrogens (tertiary/aromatic N) is 1. The molecular formula is C16H24N2O2. The molecular weight excluding hydrogens is 252 g/mol. The van der Waals surface area contributed by atoms with Gasteiger partial charge in [-0.15, -0.1) is 0 Å². The Morgan fingerprint density at radius 2 is 2.15 bits per heavy atom. The molecule has 20 heavy (non-hydrogen) atoms. The maximum Gasteiger partial charge on any atom is 0.165 e. The van der Waals surface area contributed by atoms with Crippen LogP contribution in [0.1, 0.15) is 24.8 Å². The summed E-state index contributed by atoms with van der Waals surface area (Å²) in [6.07, 6.45) is 3.50. The summed E-state index contributed by atoms with van der Waals surface area (Å²) in [7, 11) is 2.06. The standard InChI is InChI=1S/C16H24N2O2/c1-17-14-6-3-8-18(12-14)11-13-5-2-7-15-16(13)20-10-4-9-19-15/h2,5,7,14,17H,3-4,6,8-12H2,1H3. The van der Waals surface area contributed by atoms with E-state index < -0.39 is 0 Å². The molecule has 0 aliphatic carbocycles. The summed E-state index contributed by atoms with van der Waals surface area (Å²) in [5.41, 5.74) is 1.25. The van der Waals surface area contributed by atoms with E-state index in [-0.39, 0.29) is 0 Å². The SMILES string of the molecule is CNC1CCCN(Cc2cccc3c2OCCCO3)C1. The smallest absolute Gasteiger partial charge is 0.165 e. The molecule has 2 aliphatic heterocycles. The number of piperidine rings is 1. The van der Waals surface area contributed by atoms with Crippen LogP contribution in [0.5, 0.6) is 11.5 Å². The van der Waals surface area contributed by atoms with Crippen molar-refractivity contribution in [1.82, 2.24) is 10.2 Å². The van der Waals surface area contributed by atoms with Crippen LogP contribution in [0.2, 0.25) is 0 Å². The second-order valence-corrected chi connectivity index (χ2v) is 5.66. The number of benzene rings is 1. The van der Waals surface area contributed by atoms with Crippen LogP contribution in [0.15, 0.2) is 18.2 Å². The van der Waals surface area contributed by atoms with Crippen molar-refractivity contribution in [3.8, 4) is 11.5 Å². The zero-order chi connectivity index (χ0) is 13.8. The van der Waals surface area contributed by atoms with Gasteiger partial charge in [0.25, 0.3) is 0 Å². The lowest BCUT2D eigenvalue weighted by atomic mass is 10.0. The predicted octanol–water partition coefficient (Wildman–Crippen LogP) is 2.03. The van der Waals surface area contributed by atoms with Gasteiger partial charge in [0.1, 0.15) is 0 Å². The highest BCUT2D eigenvalue weighted by molar-refractivity contribution is 5.47. The van der Waals surface area contributed by atoms with E-state index in [0.29, 0.717) is 6.04 Å². The minimum atomic E-state index is 0.614. The molecule has 0 amide bonds. The molecule has 1 unspecified atom stereocenters. The van der Waals surface area contributed by atoms with E-state index in [4.69, 9.17) is 9.47 Å². The molecule has 1 aromatic carbocycles. The molecule has 0 saturated carbocycles. The number of hydrogen-bond donors (Lipinski definition) is 1. The van der Waals surface area contributed by atoms with Crippen LogP contribution in [0.3, 0.4) is 0 Å². The molecule has 0 radical (unpaired) electrons. The average Bonchev–Trinajstić information content (AvgIpc) is 2.73. The van der Waals surface area contributed by atoms with Gasteiger partial charge in [0.05, 0.1) is 13.2 Å². The Morgan fingerprint density at radius 3 is 3.05 bits per heavy atom. The summed E-state index contributed by atoms with van der Waals surface area (Å²) < 4.78 is 11.7. The lowest BCUT2D eigenvalue weighted by molar-refractivity contribution is 0.185. The highest BCUT2D eigenvalue weighted by Crippen LogP contribution is 2.34. The van der Waals surface area contributed by atoms with Gasteiger partial charge in [-0.3, -0.25) is 4.90 Å². The van der Waals surface area contributed by atoms with Crippen molar-refractivity contribution in [2.24, 2.45) is 0 Å². The Kier molecular flexibility index (Phi) is 4.43. The molecule has 1 atom stereocenters. The number of rotatable bonds is 3. The number of hydrogen-bond acceptors (Lipinski definition) is 4. The molecule has 1 N–H and O–H groups in total. The molecule has 2 aliphatic rings. The molecule has 0 aromatic heterocycles. The maximum absolute atomic E-state index is 5.91. The van der Waals surface area contributed by atoms with Crippen molar-refractivity contribution in [3.63, 3.8) is 0 Å². The lowest BCUT2D eigenvalue weighted by Crippen LogP contribution is -2.43. The van der Waals surface area contributed by atoms with Gasteiger partial charge < -0.3 is 14.8 Å². The molecule has 1 fully saturated rings. The van der Waals surface area contributed by atoms with E-state index in [9.17, 15) is 0 Å². The molecule has 3 rings (SSSR count). The maximum atomic E-state index is 5.91. The van der Waals surface area contributed by atoms with Gasteiger partial charge in [0.2, 0.25) is 0 Å². The van der Waals surface area contributed by atoms with Crippen LogP contribution < -0.4 is 14.8 Å². The van der Waals surface area contributed by atoms with Crippen molar-refractivity contribution >= 4 is 0 Å². The zero-order valence-electron chi connectivity index (χ0n) is 12.2. The Balaban J connectivity index is 1.74. The molecule has 4 heteroatoms. The number of para-hydroxylation sites is 1. The third-order valence-corrected chi connectivity index (χ3v) is 4.16. The zero-order valence-corrected chi connectivity index (χ0v) is 12.2. The largest absolute Gasteiger partial charge is 0.490 e. The van der Waals surface area contributed by atoms with Crippen molar-refractivity contribution < 1.29 is 9.47 Å². The van der Waals surface area contributed by atoms with Crippen LogP contribution >= 0.6 is 0 Å². The first-order valence-corrected chi connectivity index (χ1v) is 7.64. The summed E-state index contributed by atoms with van der Waals surface area (Å²) in [5.74, 6) is 1.86. The molecule has 1 saturated heterocycles. The van der Waals surface area contributed by atoms with E-state index in [1.54, 1.807) is 0 Å². The van der Waals surface area contributed by atoms with Crippen molar-refractivity contribution in [3.05, 3.63) is 23.8 Å². The van der Waals surface area contributed by atoms with Crippen molar-refractivity contribution in [2.75, 3.05) is 33.4 Å². The van der Waals surface area contributed by atoms with Gasteiger partial charge in [-0.1, -0.05) is 12.1 Å². The summed E-state index contributed by atoms with van der Waals surface area (Å²) in [6.45, 7) is 4.74. The fourth-order valence-corrected chi connectivity index (χ4v) is 3.05. The van der Waals surface area contributed by atoms with Gasteiger partial charge >= 0.3 is 0 Å². The van der Waals surface area contributed by atoms with E-state index in [1.807, 2.05) is 6.07 Å². The molecule has 0 spiro atoms. The summed E-state index contributed by atoms with van der Waals surface area (Å²) in [5, 5.41) is 3.39. The molecule has 110 valence electrons. The number of fused-ring (bicyclic) bond motifs is 1. The second kappa shape index (κ2) is 6.46. The monoisotopic (exact) mass is 276 g/mol. The van der Waals surface area contributed by atoms with Gasteiger partial charge in [-0.05, 0) is 32.5 Å². The van der Waals surface area contributed by atoms with E-state index in [1.165, 1.54) is 24.9 Å². The van der Waals surface area contributed by atoms with Crippen LogP contribution in [0.4, 0.5) is 0 Å². The quantitative estimate of drug-likeness (QED) is 0.916. The molecule has 1 aromatic rings. The van der Waals surface area contributed by atoms with Gasteiger partial charge in [0, 0.05) is 31.1 Å². The van der Waals surface area contributed by atoms with Gasteiger partial charge in [-0.2, -0.15) is 0 Å². The van der Waals surface area contributed by atoms with Gasteiger partial charge in [0.15, 0.2) is 11.5 Å². The molecule has 4 nitrogen and oxygen atoms in total.